The largest absolute Gasteiger partial charge is 0.293 e. The van der Waals surface area contributed by atoms with Gasteiger partial charge in [-0.15, -0.1) is 0 Å². The van der Waals surface area contributed by atoms with Crippen LogP contribution in [0.3, 0.4) is 0 Å². The van der Waals surface area contributed by atoms with Gasteiger partial charge in [-0.2, -0.15) is 0 Å². The molecular formula is C15H13NO. The van der Waals surface area contributed by atoms with Crippen molar-refractivity contribution in [3.05, 3.63) is 47.7 Å². The van der Waals surface area contributed by atoms with Crippen LogP contribution in [-0.2, 0) is 0 Å². The van der Waals surface area contributed by atoms with Gasteiger partial charge >= 0.3 is 0 Å². The van der Waals surface area contributed by atoms with Gasteiger partial charge in [-0.1, -0.05) is 24.3 Å². The molecule has 0 fully saturated rings. The van der Waals surface area contributed by atoms with Crippen molar-refractivity contribution in [3.63, 3.8) is 0 Å². The number of hydrogen-bond acceptors (Lipinski definition) is 2. The molecule has 2 nitrogen and oxygen atoms in total. The van der Waals surface area contributed by atoms with Crippen molar-refractivity contribution in [1.82, 2.24) is 4.98 Å². The van der Waals surface area contributed by atoms with E-state index in [1.807, 2.05) is 56.3 Å². The van der Waals surface area contributed by atoms with E-state index in [0.717, 1.165) is 22.2 Å². The fourth-order valence-corrected chi connectivity index (χ4v) is 2.15. The molecule has 1 heterocycles. The molecule has 0 N–H and O–H groups in total. The Hall–Kier alpha value is -1.96. The van der Waals surface area contributed by atoms with Crippen molar-refractivity contribution >= 4 is 22.8 Å². The van der Waals surface area contributed by atoms with Crippen LogP contribution < -0.4 is 0 Å². The summed E-state index contributed by atoms with van der Waals surface area (Å²) in [5.41, 5.74) is 2.03. The zero-order valence-electron chi connectivity index (χ0n) is 9.90. The molecule has 0 atom stereocenters. The van der Waals surface area contributed by atoms with Crippen LogP contribution in [0.15, 0.2) is 36.4 Å². The van der Waals surface area contributed by atoms with Crippen LogP contribution >= 0.6 is 0 Å². The number of ketones is 1. The average molecular weight is 223 g/mol. The number of nitrogens with zero attached hydrogens (tertiary/aromatic N) is 1. The molecule has 17 heavy (non-hydrogen) atoms. The molecule has 2 aromatic rings. The van der Waals surface area contributed by atoms with Gasteiger partial charge in [0.1, 0.15) is 0 Å². The monoisotopic (exact) mass is 223 g/mol. The van der Waals surface area contributed by atoms with Gasteiger partial charge in [0.05, 0.1) is 11.2 Å². The minimum atomic E-state index is -0.420. The highest BCUT2D eigenvalue weighted by atomic mass is 16.1. The van der Waals surface area contributed by atoms with Gasteiger partial charge in [0.15, 0.2) is 5.78 Å². The quantitative estimate of drug-likeness (QED) is 0.684. The molecular weight excluding hydrogens is 210 g/mol. The van der Waals surface area contributed by atoms with Crippen molar-refractivity contribution in [3.8, 4) is 0 Å². The van der Waals surface area contributed by atoms with Crippen molar-refractivity contribution in [2.45, 2.75) is 13.8 Å². The lowest BCUT2D eigenvalue weighted by Gasteiger charge is -2.23. The fraction of sp³-hybridized carbons (Fsp3) is 0.200. The minimum Gasteiger partial charge on any atom is -0.293 e. The van der Waals surface area contributed by atoms with E-state index < -0.39 is 5.41 Å². The number of hydrogen-bond donors (Lipinski definition) is 0. The Labute approximate surface area is 100.0 Å². The number of benzene rings is 1. The number of carbonyl (C=O) groups excluding carboxylic acids is 1. The Balaban J connectivity index is 2.32. The summed E-state index contributed by atoms with van der Waals surface area (Å²) in [5, 5.41) is 1.02. The molecule has 0 saturated carbocycles. The third-order valence-corrected chi connectivity index (χ3v) is 3.24. The summed E-state index contributed by atoms with van der Waals surface area (Å²) in [6, 6.07) is 9.82. The maximum absolute atomic E-state index is 12.3. The Morgan fingerprint density at radius 2 is 1.94 bits per heavy atom. The molecule has 0 bridgehead atoms. The van der Waals surface area contributed by atoms with Crippen molar-refractivity contribution < 1.29 is 4.79 Å². The van der Waals surface area contributed by atoms with Crippen molar-refractivity contribution in [2.24, 2.45) is 5.41 Å². The summed E-state index contributed by atoms with van der Waals surface area (Å²) in [6.45, 7) is 3.87. The predicted molar refractivity (Wildman–Crippen MR) is 68.9 cm³/mol. The molecule has 1 aromatic carbocycles. The number of aromatic nitrogens is 1. The van der Waals surface area contributed by atoms with Gasteiger partial charge in [-0.3, -0.25) is 4.79 Å². The lowest BCUT2D eigenvalue weighted by molar-refractivity contribution is 0.0883. The second-order valence-corrected chi connectivity index (χ2v) is 5.00. The second kappa shape index (κ2) is 3.27. The second-order valence-electron chi connectivity index (χ2n) is 5.00. The van der Waals surface area contributed by atoms with Gasteiger partial charge in [0.25, 0.3) is 0 Å². The molecule has 1 aliphatic rings. The van der Waals surface area contributed by atoms with Gasteiger partial charge in [0.2, 0.25) is 0 Å². The molecule has 0 unspecified atom stereocenters. The van der Waals surface area contributed by atoms with Crippen LogP contribution in [0, 0.1) is 5.41 Å². The van der Waals surface area contributed by atoms with Crippen LogP contribution in [0.5, 0.6) is 0 Å². The average Bonchev–Trinajstić information content (AvgIpc) is 2.33. The highest BCUT2D eigenvalue weighted by Crippen LogP contribution is 2.32. The highest BCUT2D eigenvalue weighted by Gasteiger charge is 2.31. The van der Waals surface area contributed by atoms with E-state index in [2.05, 4.69) is 4.98 Å². The summed E-state index contributed by atoms with van der Waals surface area (Å²) in [4.78, 5) is 16.8. The first-order valence-electron chi connectivity index (χ1n) is 5.72. The molecule has 0 aliphatic heterocycles. The predicted octanol–water partition coefficient (Wildman–Crippen LogP) is 3.47. The van der Waals surface area contributed by atoms with Crippen LogP contribution in [0.1, 0.15) is 29.9 Å². The molecule has 0 spiro atoms. The lowest BCUT2D eigenvalue weighted by atomic mass is 9.79. The standard InChI is InChI=1S/C15H13NO/c1-15(2)8-7-13-11(14(15)17)9-10-5-3-4-6-12(10)16-13/h3-9H,1-2H3. The fourth-order valence-electron chi connectivity index (χ4n) is 2.15. The summed E-state index contributed by atoms with van der Waals surface area (Å²) >= 11 is 0. The SMILES string of the molecule is CC1(C)C=Cc2nc3ccccc3cc2C1=O. The number of para-hydroxylation sites is 1. The first kappa shape index (κ1) is 10.2. The van der Waals surface area contributed by atoms with Crippen LogP contribution in [0.25, 0.3) is 17.0 Å². The molecule has 0 radical (unpaired) electrons. The lowest BCUT2D eigenvalue weighted by Crippen LogP contribution is -2.25. The van der Waals surface area contributed by atoms with E-state index in [0.29, 0.717) is 0 Å². The smallest absolute Gasteiger partial charge is 0.174 e. The number of carbonyl (C=O) groups is 1. The number of rotatable bonds is 0. The van der Waals surface area contributed by atoms with E-state index in [4.69, 9.17) is 0 Å². The molecule has 1 aromatic heterocycles. The first-order chi connectivity index (χ1) is 8.08. The molecule has 1 aliphatic carbocycles. The Morgan fingerprint density at radius 3 is 2.76 bits per heavy atom. The number of allylic oxidation sites excluding steroid dienone is 1. The van der Waals surface area contributed by atoms with E-state index in [1.165, 1.54) is 0 Å². The van der Waals surface area contributed by atoms with E-state index in [1.54, 1.807) is 0 Å². The van der Waals surface area contributed by atoms with Gasteiger partial charge in [0, 0.05) is 16.4 Å². The Kier molecular flexibility index (Phi) is 1.96. The molecule has 3 rings (SSSR count). The van der Waals surface area contributed by atoms with Crippen LogP contribution in [0.4, 0.5) is 0 Å². The summed E-state index contributed by atoms with van der Waals surface area (Å²) in [5.74, 6) is 0.147. The number of pyridine rings is 1. The van der Waals surface area contributed by atoms with Gasteiger partial charge in [-0.25, -0.2) is 4.98 Å². The third kappa shape index (κ3) is 1.48. The summed E-state index contributed by atoms with van der Waals surface area (Å²) in [6.07, 6.45) is 3.88. The topological polar surface area (TPSA) is 30.0 Å². The van der Waals surface area contributed by atoms with E-state index >= 15 is 0 Å². The molecule has 0 saturated heterocycles. The molecule has 84 valence electrons. The van der Waals surface area contributed by atoms with Gasteiger partial charge in [-0.05, 0) is 32.1 Å². The highest BCUT2D eigenvalue weighted by molar-refractivity contribution is 6.08. The van der Waals surface area contributed by atoms with E-state index in [9.17, 15) is 4.79 Å². The summed E-state index contributed by atoms with van der Waals surface area (Å²) < 4.78 is 0. The summed E-state index contributed by atoms with van der Waals surface area (Å²) in [7, 11) is 0. The zero-order chi connectivity index (χ0) is 12.0. The zero-order valence-corrected chi connectivity index (χ0v) is 9.90. The molecule has 0 amide bonds. The molecule has 2 heteroatoms. The van der Waals surface area contributed by atoms with E-state index in [-0.39, 0.29) is 5.78 Å². The van der Waals surface area contributed by atoms with Crippen LogP contribution in [-0.4, -0.2) is 10.8 Å². The number of fused-ring (bicyclic) bond motifs is 2. The van der Waals surface area contributed by atoms with Crippen LogP contribution in [0.2, 0.25) is 0 Å². The Bertz CT molecular complexity index is 653. The normalized spacial score (nSPS) is 17.2. The maximum atomic E-state index is 12.3. The van der Waals surface area contributed by atoms with Crippen molar-refractivity contribution in [2.75, 3.05) is 0 Å². The Morgan fingerprint density at radius 1 is 1.18 bits per heavy atom. The minimum absolute atomic E-state index is 0.147. The maximum Gasteiger partial charge on any atom is 0.174 e. The number of Topliss-reactive ketones (excluding diaryl/α,β-unsaturated/α-hetero) is 1. The van der Waals surface area contributed by atoms with Crippen molar-refractivity contribution in [1.29, 1.82) is 0 Å². The van der Waals surface area contributed by atoms with Gasteiger partial charge < -0.3 is 0 Å². The third-order valence-electron chi connectivity index (χ3n) is 3.24. The first-order valence-corrected chi connectivity index (χ1v) is 5.72.